The molecule has 2 unspecified atom stereocenters. The molecule has 1 nitrogen and oxygen atoms in total. The molecule has 1 aromatic rings. The van der Waals surface area contributed by atoms with Gasteiger partial charge in [-0.3, -0.25) is 0 Å². The van der Waals surface area contributed by atoms with Gasteiger partial charge in [-0.15, -0.1) is 11.3 Å². The SMILES string of the molecule is CCNC(Cc1sccc1Br)C1CCCS1. The van der Waals surface area contributed by atoms with Gasteiger partial charge in [0.15, 0.2) is 0 Å². The Labute approximate surface area is 115 Å². The van der Waals surface area contributed by atoms with Crippen LogP contribution in [0.2, 0.25) is 0 Å². The lowest BCUT2D eigenvalue weighted by Crippen LogP contribution is -2.38. The molecule has 1 fully saturated rings. The van der Waals surface area contributed by atoms with Crippen LogP contribution in [0.25, 0.3) is 0 Å². The smallest absolute Gasteiger partial charge is 0.0314 e. The molecule has 1 aliphatic rings. The van der Waals surface area contributed by atoms with Crippen LogP contribution in [0.4, 0.5) is 0 Å². The molecule has 4 heteroatoms. The van der Waals surface area contributed by atoms with Crippen molar-refractivity contribution >= 4 is 39.0 Å². The van der Waals surface area contributed by atoms with Gasteiger partial charge >= 0.3 is 0 Å². The average molecular weight is 320 g/mol. The van der Waals surface area contributed by atoms with Gasteiger partial charge in [0.25, 0.3) is 0 Å². The lowest BCUT2D eigenvalue weighted by molar-refractivity contribution is 0.497. The van der Waals surface area contributed by atoms with Gasteiger partial charge in [0.2, 0.25) is 0 Å². The topological polar surface area (TPSA) is 12.0 Å². The highest BCUT2D eigenvalue weighted by Crippen LogP contribution is 2.32. The summed E-state index contributed by atoms with van der Waals surface area (Å²) in [6.07, 6.45) is 3.94. The summed E-state index contributed by atoms with van der Waals surface area (Å²) < 4.78 is 1.28. The van der Waals surface area contributed by atoms with Crippen molar-refractivity contribution < 1.29 is 0 Å². The maximum Gasteiger partial charge on any atom is 0.0314 e. The first kappa shape index (κ1) is 12.9. The van der Waals surface area contributed by atoms with Gasteiger partial charge in [-0.25, -0.2) is 0 Å². The van der Waals surface area contributed by atoms with Crippen molar-refractivity contribution in [3.05, 3.63) is 20.8 Å². The van der Waals surface area contributed by atoms with Gasteiger partial charge in [0.05, 0.1) is 0 Å². The van der Waals surface area contributed by atoms with Crippen LogP contribution in [-0.4, -0.2) is 23.6 Å². The molecule has 1 aliphatic heterocycles. The number of likely N-dealkylation sites (N-methyl/N-ethyl adjacent to an activating group) is 1. The molecule has 1 saturated heterocycles. The van der Waals surface area contributed by atoms with E-state index in [0.29, 0.717) is 6.04 Å². The van der Waals surface area contributed by atoms with Crippen LogP contribution >= 0.6 is 39.0 Å². The molecule has 0 aliphatic carbocycles. The van der Waals surface area contributed by atoms with E-state index in [1.54, 1.807) is 0 Å². The Hall–Kier alpha value is 0.490. The highest BCUT2D eigenvalue weighted by Gasteiger charge is 2.25. The molecule has 0 saturated carbocycles. The van der Waals surface area contributed by atoms with Crippen molar-refractivity contribution in [2.24, 2.45) is 0 Å². The molecule has 2 heterocycles. The van der Waals surface area contributed by atoms with E-state index in [1.165, 1.54) is 34.4 Å². The summed E-state index contributed by atoms with van der Waals surface area (Å²) >= 11 is 7.64. The zero-order valence-corrected chi connectivity index (χ0v) is 12.8. The Bertz CT molecular complexity index is 321. The van der Waals surface area contributed by atoms with Crippen LogP contribution in [0.5, 0.6) is 0 Å². The number of thioether (sulfide) groups is 1. The lowest BCUT2D eigenvalue weighted by atomic mass is 10.1. The summed E-state index contributed by atoms with van der Waals surface area (Å²) in [5.41, 5.74) is 0. The van der Waals surface area contributed by atoms with E-state index >= 15 is 0 Å². The first-order valence-electron chi connectivity index (χ1n) is 5.88. The molecule has 0 bridgehead atoms. The van der Waals surface area contributed by atoms with E-state index in [1.807, 2.05) is 11.3 Å². The van der Waals surface area contributed by atoms with E-state index in [2.05, 4.69) is 51.4 Å². The lowest BCUT2D eigenvalue weighted by Gasteiger charge is -2.23. The molecule has 1 aromatic heterocycles. The minimum atomic E-state index is 0.646. The van der Waals surface area contributed by atoms with Crippen molar-refractivity contribution in [1.82, 2.24) is 5.32 Å². The predicted octanol–water partition coefficient (Wildman–Crippen LogP) is 3.93. The predicted molar refractivity (Wildman–Crippen MR) is 78.7 cm³/mol. The maximum absolute atomic E-state index is 3.66. The van der Waals surface area contributed by atoms with Gasteiger partial charge < -0.3 is 5.32 Å². The van der Waals surface area contributed by atoms with Gasteiger partial charge in [0, 0.05) is 20.6 Å². The molecular formula is C12H18BrNS2. The molecule has 0 amide bonds. The molecular weight excluding hydrogens is 302 g/mol. The molecule has 16 heavy (non-hydrogen) atoms. The number of halogens is 1. The van der Waals surface area contributed by atoms with Gasteiger partial charge in [-0.2, -0.15) is 11.8 Å². The minimum Gasteiger partial charge on any atom is -0.313 e. The zero-order valence-electron chi connectivity index (χ0n) is 9.54. The number of nitrogens with one attached hydrogen (secondary N) is 1. The molecule has 0 spiro atoms. The molecule has 90 valence electrons. The largest absolute Gasteiger partial charge is 0.313 e. The van der Waals surface area contributed by atoms with E-state index in [-0.39, 0.29) is 0 Å². The fourth-order valence-electron chi connectivity index (χ4n) is 2.19. The number of rotatable bonds is 5. The Kier molecular flexibility index (Phi) is 5.20. The number of hydrogen-bond donors (Lipinski definition) is 1. The minimum absolute atomic E-state index is 0.646. The first-order valence-corrected chi connectivity index (χ1v) is 8.60. The second-order valence-electron chi connectivity index (χ2n) is 4.11. The van der Waals surface area contributed by atoms with E-state index in [4.69, 9.17) is 0 Å². The molecule has 1 N–H and O–H groups in total. The third-order valence-electron chi connectivity index (χ3n) is 2.98. The standard InChI is InChI=1S/C12H18BrNS2/c1-2-14-10(11-4-3-6-15-11)8-12-9(13)5-7-16-12/h5,7,10-11,14H,2-4,6,8H2,1H3. The second-order valence-corrected chi connectivity index (χ2v) is 7.31. The van der Waals surface area contributed by atoms with E-state index in [9.17, 15) is 0 Å². The third kappa shape index (κ3) is 3.25. The second kappa shape index (κ2) is 6.43. The highest BCUT2D eigenvalue weighted by molar-refractivity contribution is 9.10. The summed E-state index contributed by atoms with van der Waals surface area (Å²) in [4.78, 5) is 1.48. The Morgan fingerprint density at radius 3 is 3.06 bits per heavy atom. The van der Waals surface area contributed by atoms with Crippen LogP contribution < -0.4 is 5.32 Å². The number of thiophene rings is 1. The van der Waals surface area contributed by atoms with Crippen molar-refractivity contribution in [1.29, 1.82) is 0 Å². The van der Waals surface area contributed by atoms with Crippen LogP contribution in [0.3, 0.4) is 0 Å². The summed E-state index contributed by atoms with van der Waals surface area (Å²) in [6, 6.07) is 2.80. The van der Waals surface area contributed by atoms with Crippen LogP contribution in [0.15, 0.2) is 15.9 Å². The molecule has 2 atom stereocenters. The molecule has 0 radical (unpaired) electrons. The number of hydrogen-bond acceptors (Lipinski definition) is 3. The van der Waals surface area contributed by atoms with Crippen molar-refractivity contribution in [3.63, 3.8) is 0 Å². The van der Waals surface area contributed by atoms with Gasteiger partial charge in [-0.1, -0.05) is 6.92 Å². The van der Waals surface area contributed by atoms with Crippen molar-refractivity contribution in [2.75, 3.05) is 12.3 Å². The van der Waals surface area contributed by atoms with Gasteiger partial charge in [0.1, 0.15) is 0 Å². The van der Waals surface area contributed by atoms with Crippen LogP contribution in [-0.2, 0) is 6.42 Å². The third-order valence-corrected chi connectivity index (χ3v) is 6.44. The van der Waals surface area contributed by atoms with Crippen LogP contribution in [0, 0.1) is 0 Å². The first-order chi connectivity index (χ1) is 7.81. The van der Waals surface area contributed by atoms with Crippen molar-refractivity contribution in [2.45, 2.75) is 37.5 Å². The quantitative estimate of drug-likeness (QED) is 0.882. The summed E-state index contributed by atoms with van der Waals surface area (Å²) in [5.74, 6) is 1.35. The summed E-state index contributed by atoms with van der Waals surface area (Å²) in [6.45, 7) is 3.28. The normalized spacial score (nSPS) is 22.5. The molecule has 0 aromatic carbocycles. The summed E-state index contributed by atoms with van der Waals surface area (Å²) in [5, 5.41) is 6.64. The van der Waals surface area contributed by atoms with E-state index in [0.717, 1.165) is 11.8 Å². The highest BCUT2D eigenvalue weighted by atomic mass is 79.9. The maximum atomic E-state index is 3.66. The van der Waals surface area contributed by atoms with E-state index < -0.39 is 0 Å². The Morgan fingerprint density at radius 2 is 2.50 bits per heavy atom. The molecule has 2 rings (SSSR count). The summed E-state index contributed by atoms with van der Waals surface area (Å²) in [7, 11) is 0. The fraction of sp³-hybridized carbons (Fsp3) is 0.667. The monoisotopic (exact) mass is 319 g/mol. The van der Waals surface area contributed by atoms with Crippen molar-refractivity contribution in [3.8, 4) is 0 Å². The average Bonchev–Trinajstić information content (AvgIpc) is 2.90. The van der Waals surface area contributed by atoms with Gasteiger partial charge in [-0.05, 0) is 58.9 Å². The Morgan fingerprint density at radius 1 is 1.62 bits per heavy atom. The zero-order chi connectivity index (χ0) is 11.4. The van der Waals surface area contributed by atoms with Crippen LogP contribution in [0.1, 0.15) is 24.6 Å². The Balaban J connectivity index is 1.99. The fourth-order valence-corrected chi connectivity index (χ4v) is 5.16.